The molecular weight excluding hydrogens is 428 g/mol. The first kappa shape index (κ1) is 21.7. The lowest BCUT2D eigenvalue weighted by atomic mass is 10.00. The minimum absolute atomic E-state index is 0.0691. The van der Waals surface area contributed by atoms with Gasteiger partial charge in [0.1, 0.15) is 40.8 Å². The Bertz CT molecular complexity index is 1230. The number of ether oxygens (including phenoxy) is 2. The van der Waals surface area contributed by atoms with E-state index < -0.39 is 59.1 Å². The topological polar surface area (TPSA) is 190 Å². The third-order valence-corrected chi connectivity index (χ3v) is 5.22. The summed E-state index contributed by atoms with van der Waals surface area (Å²) in [6.07, 6.45) is -6.75. The van der Waals surface area contributed by atoms with E-state index in [-0.39, 0.29) is 28.0 Å². The van der Waals surface area contributed by atoms with Crippen molar-refractivity contribution < 1.29 is 49.6 Å². The van der Waals surface area contributed by atoms with E-state index in [1.54, 1.807) is 0 Å². The fourth-order valence-corrected chi connectivity index (χ4v) is 3.44. The number of rotatable bonds is 3. The lowest BCUT2D eigenvalue weighted by molar-refractivity contribution is -0.268. The van der Waals surface area contributed by atoms with Crippen molar-refractivity contribution >= 4 is 11.0 Å². The number of hydrogen-bond acceptors (Lipinski definition) is 11. The maximum atomic E-state index is 12.6. The first-order valence-corrected chi connectivity index (χ1v) is 9.50. The van der Waals surface area contributed by atoms with Gasteiger partial charge in [-0.15, -0.1) is 0 Å². The number of aliphatic hydroxyl groups excluding tert-OH is 3. The normalized spacial score (nSPS) is 25.7. The number of phenols is 3. The van der Waals surface area contributed by atoms with E-state index >= 15 is 0 Å². The SMILES string of the molecule is C[C@H]1O[C@H](Oc2cc(O)c3c(=O)c(O)c(-c4ccc(O)c(O)c4)oc3c2)[C@@H](O)[C@H](O)[C@H]1O. The molecule has 11 heteroatoms. The molecule has 1 aromatic heterocycles. The van der Waals surface area contributed by atoms with Crippen molar-refractivity contribution in [2.45, 2.75) is 37.6 Å². The van der Waals surface area contributed by atoms with E-state index in [9.17, 15) is 40.5 Å². The fourth-order valence-electron chi connectivity index (χ4n) is 3.44. The number of phenolic OH excluding ortho intramolecular Hbond substituents is 3. The van der Waals surface area contributed by atoms with Crippen LogP contribution in [0.4, 0.5) is 0 Å². The molecule has 0 radical (unpaired) electrons. The second-order valence-corrected chi connectivity index (χ2v) is 7.43. The number of fused-ring (bicyclic) bond motifs is 1. The molecule has 170 valence electrons. The Morgan fingerprint density at radius 2 is 1.59 bits per heavy atom. The largest absolute Gasteiger partial charge is 0.507 e. The van der Waals surface area contributed by atoms with Crippen LogP contribution in [-0.2, 0) is 4.74 Å². The molecule has 2 aromatic carbocycles. The van der Waals surface area contributed by atoms with Crippen LogP contribution in [0.1, 0.15) is 6.92 Å². The van der Waals surface area contributed by atoms with E-state index in [0.29, 0.717) is 0 Å². The van der Waals surface area contributed by atoms with Crippen molar-refractivity contribution in [3.05, 3.63) is 40.6 Å². The number of hydrogen-bond donors (Lipinski definition) is 7. The van der Waals surface area contributed by atoms with Crippen LogP contribution < -0.4 is 10.2 Å². The molecule has 1 aliphatic heterocycles. The van der Waals surface area contributed by atoms with Crippen LogP contribution in [0.5, 0.6) is 28.7 Å². The monoisotopic (exact) mass is 448 g/mol. The highest BCUT2D eigenvalue weighted by Crippen LogP contribution is 2.38. The molecular formula is C21H20O11. The zero-order chi connectivity index (χ0) is 23.3. The molecule has 7 N–H and O–H groups in total. The van der Waals surface area contributed by atoms with Gasteiger partial charge in [0.15, 0.2) is 17.3 Å². The van der Waals surface area contributed by atoms with Crippen molar-refractivity contribution in [3.63, 3.8) is 0 Å². The van der Waals surface area contributed by atoms with Gasteiger partial charge in [0.05, 0.1) is 6.10 Å². The van der Waals surface area contributed by atoms with Gasteiger partial charge in [0.2, 0.25) is 17.5 Å². The minimum atomic E-state index is -1.61. The Morgan fingerprint density at radius 3 is 2.28 bits per heavy atom. The van der Waals surface area contributed by atoms with Gasteiger partial charge in [0, 0.05) is 17.7 Å². The summed E-state index contributed by atoms with van der Waals surface area (Å²) in [6.45, 7) is 1.47. The molecule has 3 aromatic rings. The van der Waals surface area contributed by atoms with Crippen LogP contribution in [0.2, 0.25) is 0 Å². The number of benzene rings is 2. The van der Waals surface area contributed by atoms with Crippen LogP contribution in [-0.4, -0.2) is 66.5 Å². The van der Waals surface area contributed by atoms with Crippen molar-refractivity contribution in [1.29, 1.82) is 0 Å². The van der Waals surface area contributed by atoms with Crippen LogP contribution in [0.25, 0.3) is 22.3 Å². The van der Waals surface area contributed by atoms with Gasteiger partial charge in [-0.05, 0) is 25.1 Å². The summed E-state index contributed by atoms with van der Waals surface area (Å²) in [7, 11) is 0. The van der Waals surface area contributed by atoms with E-state index in [1.165, 1.54) is 19.1 Å². The molecule has 1 fully saturated rings. The van der Waals surface area contributed by atoms with E-state index in [1.807, 2.05) is 0 Å². The predicted molar refractivity (Wildman–Crippen MR) is 108 cm³/mol. The van der Waals surface area contributed by atoms with Crippen molar-refractivity contribution in [3.8, 4) is 40.1 Å². The first-order valence-electron chi connectivity index (χ1n) is 9.50. The van der Waals surface area contributed by atoms with E-state index in [0.717, 1.165) is 18.2 Å². The summed E-state index contributed by atoms with van der Waals surface area (Å²) in [5, 5.41) is 69.3. The van der Waals surface area contributed by atoms with Gasteiger partial charge in [0.25, 0.3) is 0 Å². The average molecular weight is 448 g/mol. The van der Waals surface area contributed by atoms with Gasteiger partial charge >= 0.3 is 0 Å². The zero-order valence-electron chi connectivity index (χ0n) is 16.5. The zero-order valence-corrected chi connectivity index (χ0v) is 16.5. The Hall–Kier alpha value is -3.51. The molecule has 4 rings (SSSR count). The van der Waals surface area contributed by atoms with Crippen LogP contribution in [0.3, 0.4) is 0 Å². The molecule has 0 aliphatic carbocycles. The van der Waals surface area contributed by atoms with Crippen LogP contribution >= 0.6 is 0 Å². The molecule has 2 heterocycles. The summed E-state index contributed by atoms with van der Waals surface area (Å²) in [6, 6.07) is 5.72. The molecule has 32 heavy (non-hydrogen) atoms. The summed E-state index contributed by atoms with van der Waals surface area (Å²) >= 11 is 0. The van der Waals surface area contributed by atoms with Crippen LogP contribution in [0, 0.1) is 0 Å². The second kappa shape index (κ2) is 7.88. The summed E-state index contributed by atoms with van der Waals surface area (Å²) in [5.74, 6) is -2.80. The maximum Gasteiger partial charge on any atom is 0.238 e. The summed E-state index contributed by atoms with van der Waals surface area (Å²) < 4.78 is 16.4. The molecule has 0 bridgehead atoms. The lowest BCUT2D eigenvalue weighted by Crippen LogP contribution is -2.58. The molecule has 0 amide bonds. The van der Waals surface area contributed by atoms with Crippen molar-refractivity contribution in [2.75, 3.05) is 0 Å². The third-order valence-electron chi connectivity index (χ3n) is 5.22. The molecule has 11 nitrogen and oxygen atoms in total. The van der Waals surface area contributed by atoms with Gasteiger partial charge < -0.3 is 49.6 Å². The number of aliphatic hydroxyl groups is 3. The molecule has 0 saturated carbocycles. The highest BCUT2D eigenvalue weighted by molar-refractivity contribution is 5.88. The number of aromatic hydroxyl groups is 4. The average Bonchev–Trinajstić information content (AvgIpc) is 2.74. The van der Waals surface area contributed by atoms with Gasteiger partial charge in [-0.25, -0.2) is 0 Å². The molecule has 0 unspecified atom stereocenters. The van der Waals surface area contributed by atoms with Gasteiger partial charge in [-0.1, -0.05) is 0 Å². The van der Waals surface area contributed by atoms with E-state index in [4.69, 9.17) is 13.9 Å². The van der Waals surface area contributed by atoms with Crippen molar-refractivity contribution in [1.82, 2.24) is 0 Å². The Labute approximate surface area is 179 Å². The highest BCUT2D eigenvalue weighted by atomic mass is 16.7. The quantitative estimate of drug-likeness (QED) is 0.276. The van der Waals surface area contributed by atoms with Gasteiger partial charge in [-0.2, -0.15) is 0 Å². The van der Waals surface area contributed by atoms with Crippen molar-refractivity contribution in [2.24, 2.45) is 0 Å². The van der Waals surface area contributed by atoms with E-state index in [2.05, 4.69) is 0 Å². The summed E-state index contributed by atoms with van der Waals surface area (Å²) in [5.41, 5.74) is -1.09. The molecule has 5 atom stereocenters. The van der Waals surface area contributed by atoms with Crippen LogP contribution in [0.15, 0.2) is 39.5 Å². The lowest BCUT2D eigenvalue weighted by Gasteiger charge is -2.38. The third kappa shape index (κ3) is 3.56. The second-order valence-electron chi connectivity index (χ2n) is 7.43. The molecule has 0 spiro atoms. The highest BCUT2D eigenvalue weighted by Gasteiger charge is 2.43. The fraction of sp³-hybridized carbons (Fsp3) is 0.286. The standard InChI is InChI=1S/C21H20O11/c1-7-15(25)17(27)19(29)21(30-7)31-9-5-12(24)14-13(6-9)32-20(18(28)16(14)26)8-2-3-10(22)11(23)4-8/h2-7,15,17,19,21-25,27-29H,1H3/t7-,15+,17-,19+,21-/m1/s1. The predicted octanol–water partition coefficient (Wildman–Crippen LogP) is 0.489. The molecule has 1 saturated heterocycles. The maximum absolute atomic E-state index is 12.6. The molecule has 1 aliphatic rings. The Morgan fingerprint density at radius 1 is 0.875 bits per heavy atom. The minimum Gasteiger partial charge on any atom is -0.507 e. The Balaban J connectivity index is 1.78. The smallest absolute Gasteiger partial charge is 0.238 e. The summed E-state index contributed by atoms with van der Waals surface area (Å²) in [4.78, 5) is 12.6. The first-order chi connectivity index (χ1) is 15.1. The Kier molecular flexibility index (Phi) is 5.34. The van der Waals surface area contributed by atoms with Gasteiger partial charge in [-0.3, -0.25) is 4.79 Å².